The lowest BCUT2D eigenvalue weighted by atomic mass is 9.73. The van der Waals surface area contributed by atoms with Crippen LogP contribution in [0.5, 0.6) is 0 Å². The van der Waals surface area contributed by atoms with Gasteiger partial charge in [0.2, 0.25) is 0 Å². The fourth-order valence-electron chi connectivity index (χ4n) is 2.72. The quantitative estimate of drug-likeness (QED) is 0.926. The summed E-state index contributed by atoms with van der Waals surface area (Å²) in [6.07, 6.45) is 7.50. The summed E-state index contributed by atoms with van der Waals surface area (Å²) in [5, 5.41) is 3.36. The highest BCUT2D eigenvalue weighted by Crippen LogP contribution is 2.37. The fourth-order valence-corrected chi connectivity index (χ4v) is 3.51. The Morgan fingerprint density at radius 3 is 2.74 bits per heavy atom. The predicted molar refractivity (Wildman–Crippen MR) is 77.0 cm³/mol. The summed E-state index contributed by atoms with van der Waals surface area (Å²) in [5.41, 5.74) is 0.171. The molecule has 19 heavy (non-hydrogen) atoms. The number of anilines is 1. The number of hydrogen-bond acceptors (Lipinski definition) is 4. The average molecular weight is 282 g/mol. The van der Waals surface area contributed by atoms with Crippen LogP contribution >= 0.6 is 0 Å². The number of hydrogen-bond donors (Lipinski definition) is 1. The van der Waals surface area contributed by atoms with E-state index in [-0.39, 0.29) is 16.4 Å². The lowest BCUT2D eigenvalue weighted by Crippen LogP contribution is -2.39. The highest BCUT2D eigenvalue weighted by atomic mass is 32.2. The van der Waals surface area contributed by atoms with Gasteiger partial charge in [-0.2, -0.15) is 0 Å². The molecule has 1 fully saturated rings. The number of pyridine rings is 1. The molecule has 1 aromatic rings. The van der Waals surface area contributed by atoms with Crippen LogP contribution in [0.1, 0.15) is 39.5 Å². The Labute approximate surface area is 115 Å². The maximum Gasteiger partial charge on any atom is 0.179 e. The Kier molecular flexibility index (Phi) is 3.85. The van der Waals surface area contributed by atoms with Gasteiger partial charge in [-0.25, -0.2) is 13.4 Å². The van der Waals surface area contributed by atoms with Crippen molar-refractivity contribution in [3.63, 3.8) is 0 Å². The van der Waals surface area contributed by atoms with Crippen LogP contribution in [0.15, 0.2) is 23.2 Å². The van der Waals surface area contributed by atoms with Gasteiger partial charge >= 0.3 is 0 Å². The molecule has 1 N–H and O–H groups in total. The molecule has 0 spiro atoms. The average Bonchev–Trinajstić information content (AvgIpc) is 2.31. The molecule has 0 radical (unpaired) electrons. The van der Waals surface area contributed by atoms with E-state index in [9.17, 15) is 8.42 Å². The number of aromatic nitrogens is 1. The zero-order chi connectivity index (χ0) is 14.1. The summed E-state index contributed by atoms with van der Waals surface area (Å²) < 4.78 is 23.6. The highest BCUT2D eigenvalue weighted by molar-refractivity contribution is 7.90. The number of rotatable bonds is 3. The van der Waals surface area contributed by atoms with Crippen LogP contribution in [-0.4, -0.2) is 25.7 Å². The second-order valence-corrected chi connectivity index (χ2v) is 8.04. The lowest BCUT2D eigenvalue weighted by molar-refractivity contribution is 0.216. The van der Waals surface area contributed by atoms with Gasteiger partial charge in [0.1, 0.15) is 10.7 Å². The molecule has 2 rings (SSSR count). The maximum absolute atomic E-state index is 11.8. The van der Waals surface area contributed by atoms with Crippen molar-refractivity contribution in [2.75, 3.05) is 11.6 Å². The zero-order valence-electron chi connectivity index (χ0n) is 11.8. The van der Waals surface area contributed by atoms with E-state index in [0.717, 1.165) is 12.8 Å². The molecule has 1 heterocycles. The van der Waals surface area contributed by atoms with Crippen LogP contribution in [0.4, 0.5) is 5.82 Å². The largest absolute Gasteiger partial charge is 0.366 e. The number of nitrogens with zero attached hydrogens (tertiary/aromatic N) is 1. The molecule has 0 saturated heterocycles. The van der Waals surface area contributed by atoms with E-state index in [1.165, 1.54) is 19.1 Å². The Balaban J connectivity index is 2.29. The number of nitrogens with one attached hydrogen (secondary N) is 1. The third kappa shape index (κ3) is 3.26. The summed E-state index contributed by atoms with van der Waals surface area (Å²) in [6.45, 7) is 4.46. The Bertz CT molecular complexity index is 552. The summed E-state index contributed by atoms with van der Waals surface area (Å²) in [5.74, 6) is 0.491. The Morgan fingerprint density at radius 2 is 2.11 bits per heavy atom. The summed E-state index contributed by atoms with van der Waals surface area (Å²) in [7, 11) is -3.25. The van der Waals surface area contributed by atoms with E-state index in [4.69, 9.17) is 0 Å². The minimum Gasteiger partial charge on any atom is -0.366 e. The SMILES string of the molecule is CC1(C)CCCCC1Nc1ncccc1S(C)(=O)=O. The topological polar surface area (TPSA) is 59.1 Å². The van der Waals surface area contributed by atoms with Crippen LogP contribution in [0.3, 0.4) is 0 Å². The highest BCUT2D eigenvalue weighted by Gasteiger charge is 2.33. The van der Waals surface area contributed by atoms with Crippen molar-refractivity contribution in [2.45, 2.75) is 50.5 Å². The van der Waals surface area contributed by atoms with E-state index < -0.39 is 9.84 Å². The second kappa shape index (κ2) is 5.12. The van der Waals surface area contributed by atoms with Gasteiger partial charge in [-0.3, -0.25) is 0 Å². The molecule has 0 aromatic carbocycles. The van der Waals surface area contributed by atoms with Gasteiger partial charge in [-0.05, 0) is 30.4 Å². The molecule has 1 unspecified atom stereocenters. The van der Waals surface area contributed by atoms with E-state index in [0.29, 0.717) is 5.82 Å². The first-order valence-corrected chi connectivity index (χ1v) is 8.61. The molecule has 1 aliphatic rings. The standard InChI is InChI=1S/C14H22N2O2S/c1-14(2)9-5-4-8-12(14)16-13-11(19(3,17)18)7-6-10-15-13/h6-7,10,12H,4-5,8-9H2,1-3H3,(H,15,16). The zero-order valence-corrected chi connectivity index (χ0v) is 12.6. The van der Waals surface area contributed by atoms with Gasteiger partial charge in [0.05, 0.1) is 0 Å². The minimum atomic E-state index is -3.25. The third-order valence-corrected chi connectivity index (χ3v) is 5.12. The molecule has 0 amide bonds. The van der Waals surface area contributed by atoms with Crippen molar-refractivity contribution >= 4 is 15.7 Å². The van der Waals surface area contributed by atoms with Crippen molar-refractivity contribution in [1.29, 1.82) is 0 Å². The molecular weight excluding hydrogens is 260 g/mol. The van der Waals surface area contributed by atoms with Gasteiger partial charge in [0.25, 0.3) is 0 Å². The van der Waals surface area contributed by atoms with Gasteiger partial charge in [0.15, 0.2) is 9.84 Å². The molecule has 4 nitrogen and oxygen atoms in total. The van der Waals surface area contributed by atoms with Gasteiger partial charge < -0.3 is 5.32 Å². The van der Waals surface area contributed by atoms with Crippen LogP contribution in [0.25, 0.3) is 0 Å². The van der Waals surface area contributed by atoms with Crippen LogP contribution in [0.2, 0.25) is 0 Å². The molecule has 1 aromatic heterocycles. The second-order valence-electron chi connectivity index (χ2n) is 6.05. The summed E-state index contributed by atoms with van der Waals surface area (Å²) in [4.78, 5) is 4.50. The molecule has 1 aliphatic carbocycles. The summed E-state index contributed by atoms with van der Waals surface area (Å²) in [6, 6.07) is 3.55. The van der Waals surface area contributed by atoms with Crippen LogP contribution < -0.4 is 5.32 Å². The lowest BCUT2D eigenvalue weighted by Gasteiger charge is -2.39. The van der Waals surface area contributed by atoms with E-state index >= 15 is 0 Å². The molecule has 1 saturated carbocycles. The predicted octanol–water partition coefficient (Wildman–Crippen LogP) is 2.87. The smallest absolute Gasteiger partial charge is 0.179 e. The minimum absolute atomic E-state index is 0.171. The maximum atomic E-state index is 11.8. The monoisotopic (exact) mass is 282 g/mol. The van der Waals surface area contributed by atoms with E-state index in [1.807, 2.05) is 0 Å². The fraction of sp³-hybridized carbons (Fsp3) is 0.643. The van der Waals surface area contributed by atoms with Crippen molar-refractivity contribution < 1.29 is 8.42 Å². The van der Waals surface area contributed by atoms with Crippen molar-refractivity contribution in [2.24, 2.45) is 5.41 Å². The summed E-state index contributed by atoms with van der Waals surface area (Å²) >= 11 is 0. The molecule has 1 atom stereocenters. The van der Waals surface area contributed by atoms with Gasteiger partial charge in [-0.15, -0.1) is 0 Å². The number of sulfone groups is 1. The van der Waals surface area contributed by atoms with Crippen LogP contribution in [0, 0.1) is 5.41 Å². The Morgan fingerprint density at radius 1 is 1.37 bits per heavy atom. The van der Waals surface area contributed by atoms with E-state index in [2.05, 4.69) is 24.1 Å². The first kappa shape index (κ1) is 14.3. The first-order chi connectivity index (χ1) is 8.81. The van der Waals surface area contributed by atoms with Crippen molar-refractivity contribution in [3.05, 3.63) is 18.3 Å². The molecular formula is C14H22N2O2S. The van der Waals surface area contributed by atoms with Gasteiger partial charge in [-0.1, -0.05) is 26.7 Å². The van der Waals surface area contributed by atoms with Crippen molar-refractivity contribution in [3.8, 4) is 0 Å². The molecule has 0 aliphatic heterocycles. The van der Waals surface area contributed by atoms with E-state index in [1.54, 1.807) is 18.3 Å². The third-order valence-electron chi connectivity index (χ3n) is 3.99. The normalized spacial score (nSPS) is 23.0. The van der Waals surface area contributed by atoms with Gasteiger partial charge in [0, 0.05) is 18.5 Å². The molecule has 5 heteroatoms. The Hall–Kier alpha value is -1.10. The van der Waals surface area contributed by atoms with Crippen LogP contribution in [-0.2, 0) is 9.84 Å². The molecule has 106 valence electrons. The first-order valence-electron chi connectivity index (χ1n) is 6.72. The van der Waals surface area contributed by atoms with Crippen molar-refractivity contribution in [1.82, 2.24) is 4.98 Å². The molecule has 0 bridgehead atoms.